The Bertz CT molecular complexity index is 494. The summed E-state index contributed by atoms with van der Waals surface area (Å²) in [5.41, 5.74) is 1.06. The molecule has 0 fully saturated rings. The second-order valence-corrected chi connectivity index (χ2v) is 5.00. The van der Waals surface area contributed by atoms with Gasteiger partial charge in [0, 0.05) is 46.0 Å². The third-order valence-electron chi connectivity index (χ3n) is 3.01. The number of pyridine rings is 1. The highest BCUT2D eigenvalue weighted by Gasteiger charge is 2.04. The zero-order valence-corrected chi connectivity index (χ0v) is 16.9. The number of guanidine groups is 1. The Hall–Kier alpha value is -1.42. The number of ether oxygens (including phenoxy) is 1. The molecule has 0 spiro atoms. The molecule has 7 nitrogen and oxygen atoms in total. The second-order valence-electron chi connectivity index (χ2n) is 5.00. The molecule has 24 heavy (non-hydrogen) atoms. The van der Waals surface area contributed by atoms with Gasteiger partial charge in [-0.25, -0.2) is 4.98 Å². The zero-order valence-electron chi connectivity index (χ0n) is 14.6. The average molecular weight is 449 g/mol. The van der Waals surface area contributed by atoms with Crippen LogP contribution in [0.25, 0.3) is 0 Å². The van der Waals surface area contributed by atoms with E-state index in [2.05, 4.69) is 25.9 Å². The van der Waals surface area contributed by atoms with Crippen molar-refractivity contribution >= 4 is 41.7 Å². The number of hydrogen-bond donors (Lipinski definition) is 3. The summed E-state index contributed by atoms with van der Waals surface area (Å²) in [6.45, 7) is 6.67. The number of amides is 1. The lowest BCUT2D eigenvalue weighted by atomic mass is 10.3. The van der Waals surface area contributed by atoms with Gasteiger partial charge in [0.2, 0.25) is 5.91 Å². The molecule has 3 N–H and O–H groups in total. The molecule has 0 aromatic carbocycles. The molecule has 1 aromatic heterocycles. The van der Waals surface area contributed by atoms with Gasteiger partial charge in [0.1, 0.15) is 5.82 Å². The van der Waals surface area contributed by atoms with Crippen molar-refractivity contribution in [2.75, 3.05) is 38.7 Å². The molecule has 0 radical (unpaired) electrons. The molecule has 0 aliphatic carbocycles. The minimum atomic E-state index is -0.0827. The number of anilines is 1. The molecule has 136 valence electrons. The van der Waals surface area contributed by atoms with Gasteiger partial charge in [-0.3, -0.25) is 9.79 Å². The molecule has 0 bridgehead atoms. The van der Waals surface area contributed by atoms with Gasteiger partial charge in [0.05, 0.1) is 0 Å². The van der Waals surface area contributed by atoms with Crippen LogP contribution in [0.1, 0.15) is 25.3 Å². The number of nitrogens with zero attached hydrogens (tertiary/aromatic N) is 2. The van der Waals surface area contributed by atoms with Crippen molar-refractivity contribution in [2.45, 2.75) is 26.7 Å². The van der Waals surface area contributed by atoms with Crippen molar-refractivity contribution in [3.63, 3.8) is 0 Å². The summed E-state index contributed by atoms with van der Waals surface area (Å²) in [6.07, 6.45) is 2.98. The summed E-state index contributed by atoms with van der Waals surface area (Å²) in [7, 11) is 1.70. The third-order valence-corrected chi connectivity index (χ3v) is 3.01. The predicted molar refractivity (Wildman–Crippen MR) is 108 cm³/mol. The van der Waals surface area contributed by atoms with Gasteiger partial charge in [0.15, 0.2) is 5.96 Å². The van der Waals surface area contributed by atoms with Gasteiger partial charge in [-0.2, -0.15) is 0 Å². The predicted octanol–water partition coefficient (Wildman–Crippen LogP) is 1.93. The van der Waals surface area contributed by atoms with Crippen molar-refractivity contribution in [1.29, 1.82) is 0 Å². The van der Waals surface area contributed by atoms with Gasteiger partial charge in [-0.05, 0) is 31.9 Å². The van der Waals surface area contributed by atoms with Crippen LogP contribution in [0.3, 0.4) is 0 Å². The van der Waals surface area contributed by atoms with E-state index in [1.807, 2.05) is 19.9 Å². The Morgan fingerprint density at radius 3 is 2.67 bits per heavy atom. The monoisotopic (exact) mass is 449 g/mol. The van der Waals surface area contributed by atoms with Crippen LogP contribution in [0.2, 0.25) is 0 Å². The van der Waals surface area contributed by atoms with E-state index in [-0.39, 0.29) is 29.9 Å². The SMILES string of the molecule is CCOCCCNC(=NC)NCCC(=O)Nc1ccc(C)cn1.I. The first kappa shape index (κ1) is 22.6. The van der Waals surface area contributed by atoms with Crippen LogP contribution in [0, 0.1) is 6.92 Å². The van der Waals surface area contributed by atoms with E-state index >= 15 is 0 Å². The van der Waals surface area contributed by atoms with E-state index in [0.717, 1.165) is 31.7 Å². The minimum Gasteiger partial charge on any atom is -0.382 e. The van der Waals surface area contributed by atoms with E-state index in [1.54, 1.807) is 19.3 Å². The lowest BCUT2D eigenvalue weighted by Crippen LogP contribution is -2.39. The van der Waals surface area contributed by atoms with Gasteiger partial charge in [0.25, 0.3) is 0 Å². The maximum atomic E-state index is 11.8. The number of carbonyl (C=O) groups is 1. The fourth-order valence-electron chi connectivity index (χ4n) is 1.79. The molecule has 0 saturated carbocycles. The summed E-state index contributed by atoms with van der Waals surface area (Å²) in [4.78, 5) is 20.1. The van der Waals surface area contributed by atoms with Gasteiger partial charge < -0.3 is 20.7 Å². The van der Waals surface area contributed by atoms with Crippen LogP contribution in [0.15, 0.2) is 23.3 Å². The third kappa shape index (κ3) is 10.4. The van der Waals surface area contributed by atoms with Crippen molar-refractivity contribution in [3.8, 4) is 0 Å². The molecule has 0 saturated heterocycles. The number of aromatic nitrogens is 1. The van der Waals surface area contributed by atoms with Crippen LogP contribution in [-0.4, -0.2) is 50.2 Å². The average Bonchev–Trinajstić information content (AvgIpc) is 2.55. The minimum absolute atomic E-state index is 0. The summed E-state index contributed by atoms with van der Waals surface area (Å²) in [5.74, 6) is 1.17. The largest absolute Gasteiger partial charge is 0.382 e. The molecule has 0 aliphatic heterocycles. The number of carbonyl (C=O) groups excluding carboxylic acids is 1. The quantitative estimate of drug-likeness (QED) is 0.232. The summed E-state index contributed by atoms with van der Waals surface area (Å²) in [5, 5.41) is 9.04. The van der Waals surface area contributed by atoms with Crippen molar-refractivity contribution in [1.82, 2.24) is 15.6 Å². The van der Waals surface area contributed by atoms with Gasteiger partial charge in [-0.15, -0.1) is 24.0 Å². The molecule has 0 unspecified atom stereocenters. The molecule has 1 aromatic rings. The Balaban J connectivity index is 0.00000529. The maximum Gasteiger partial charge on any atom is 0.227 e. The second kappa shape index (κ2) is 14.0. The van der Waals surface area contributed by atoms with Crippen molar-refractivity contribution in [2.24, 2.45) is 4.99 Å². The molecule has 1 heterocycles. The Morgan fingerprint density at radius 2 is 2.04 bits per heavy atom. The lowest BCUT2D eigenvalue weighted by molar-refractivity contribution is -0.116. The Kier molecular flexibility index (Phi) is 13.1. The molecular formula is C16H28IN5O2. The normalized spacial score (nSPS) is 10.7. The van der Waals surface area contributed by atoms with Crippen LogP contribution >= 0.6 is 24.0 Å². The van der Waals surface area contributed by atoms with Crippen molar-refractivity contribution in [3.05, 3.63) is 23.9 Å². The van der Waals surface area contributed by atoms with Crippen LogP contribution < -0.4 is 16.0 Å². The fraction of sp³-hybridized carbons (Fsp3) is 0.562. The lowest BCUT2D eigenvalue weighted by Gasteiger charge is -2.11. The van der Waals surface area contributed by atoms with Crippen LogP contribution in [0.4, 0.5) is 5.82 Å². The fourth-order valence-corrected chi connectivity index (χ4v) is 1.79. The molecular weight excluding hydrogens is 421 g/mol. The number of halogens is 1. The topological polar surface area (TPSA) is 87.6 Å². The highest BCUT2D eigenvalue weighted by atomic mass is 127. The molecule has 8 heteroatoms. The number of aryl methyl sites for hydroxylation is 1. The molecule has 1 rings (SSSR count). The van der Waals surface area contributed by atoms with Crippen LogP contribution in [-0.2, 0) is 9.53 Å². The van der Waals surface area contributed by atoms with Gasteiger partial charge in [-0.1, -0.05) is 6.07 Å². The molecule has 1 amide bonds. The smallest absolute Gasteiger partial charge is 0.227 e. The van der Waals surface area contributed by atoms with Crippen LogP contribution in [0.5, 0.6) is 0 Å². The number of rotatable bonds is 9. The highest BCUT2D eigenvalue weighted by molar-refractivity contribution is 14.0. The summed E-state index contributed by atoms with van der Waals surface area (Å²) >= 11 is 0. The van der Waals surface area contributed by atoms with Gasteiger partial charge >= 0.3 is 0 Å². The van der Waals surface area contributed by atoms with E-state index < -0.39 is 0 Å². The Morgan fingerprint density at radius 1 is 1.29 bits per heavy atom. The first-order valence-electron chi connectivity index (χ1n) is 7.90. The number of hydrogen-bond acceptors (Lipinski definition) is 4. The number of nitrogens with one attached hydrogen (secondary N) is 3. The number of aliphatic imine (C=N–C) groups is 1. The molecule has 0 atom stereocenters. The standard InChI is InChI=1S/C16H27N5O2.HI/c1-4-23-11-5-9-18-16(17-3)19-10-8-15(22)21-14-7-6-13(2)12-20-14;/h6-7,12H,4-5,8-11H2,1-3H3,(H2,17,18,19)(H,20,21,22);1H. The van der Waals surface area contributed by atoms with E-state index in [4.69, 9.17) is 4.74 Å². The first-order chi connectivity index (χ1) is 11.2. The maximum absolute atomic E-state index is 11.8. The highest BCUT2D eigenvalue weighted by Crippen LogP contribution is 2.03. The first-order valence-corrected chi connectivity index (χ1v) is 7.90. The summed E-state index contributed by atoms with van der Waals surface area (Å²) in [6, 6.07) is 3.70. The van der Waals surface area contributed by atoms with Crippen molar-refractivity contribution < 1.29 is 9.53 Å². The summed E-state index contributed by atoms with van der Waals surface area (Å²) < 4.78 is 5.27. The van der Waals surface area contributed by atoms with E-state index in [0.29, 0.717) is 24.7 Å². The van der Waals surface area contributed by atoms with E-state index in [1.165, 1.54) is 0 Å². The molecule has 0 aliphatic rings. The Labute approximate surface area is 161 Å². The van der Waals surface area contributed by atoms with E-state index in [9.17, 15) is 4.79 Å². The zero-order chi connectivity index (χ0) is 16.9.